The first kappa shape index (κ1) is 17.8. The standard InChI is InChI=1S/C21H18ClNO3/c1-2-25-17-11-8-15(9-12-17)21(24)23-19-14-16(22)10-13-20(19)26-18-6-4-3-5-7-18/h3-14H,2H2,1H3,(H,23,24). The van der Waals surface area contributed by atoms with Gasteiger partial charge in [0.25, 0.3) is 5.91 Å². The van der Waals surface area contributed by atoms with Crippen molar-refractivity contribution in [3.63, 3.8) is 0 Å². The van der Waals surface area contributed by atoms with Gasteiger partial charge in [0.05, 0.1) is 12.3 Å². The molecule has 0 aliphatic heterocycles. The molecule has 0 aliphatic rings. The number of hydrogen-bond acceptors (Lipinski definition) is 3. The fourth-order valence-corrected chi connectivity index (χ4v) is 2.54. The average Bonchev–Trinajstić information content (AvgIpc) is 2.66. The van der Waals surface area contributed by atoms with Crippen molar-refractivity contribution in [2.45, 2.75) is 6.92 Å². The first-order valence-corrected chi connectivity index (χ1v) is 8.60. The van der Waals surface area contributed by atoms with Crippen LogP contribution in [0.1, 0.15) is 17.3 Å². The van der Waals surface area contributed by atoms with Crippen molar-refractivity contribution in [2.75, 3.05) is 11.9 Å². The van der Waals surface area contributed by atoms with Crippen molar-refractivity contribution in [3.8, 4) is 17.2 Å². The molecule has 0 saturated heterocycles. The smallest absolute Gasteiger partial charge is 0.255 e. The van der Waals surface area contributed by atoms with Crippen LogP contribution in [0.5, 0.6) is 17.2 Å². The van der Waals surface area contributed by atoms with E-state index in [0.717, 1.165) is 5.75 Å². The maximum atomic E-state index is 12.5. The molecule has 0 aromatic heterocycles. The van der Waals surface area contributed by atoms with E-state index in [1.807, 2.05) is 37.3 Å². The van der Waals surface area contributed by atoms with E-state index in [1.165, 1.54) is 0 Å². The van der Waals surface area contributed by atoms with Gasteiger partial charge in [0.15, 0.2) is 5.75 Å². The van der Waals surface area contributed by atoms with Crippen LogP contribution in [0.3, 0.4) is 0 Å². The summed E-state index contributed by atoms with van der Waals surface area (Å²) in [4.78, 5) is 12.5. The SMILES string of the molecule is CCOc1ccc(C(=O)Nc2cc(Cl)ccc2Oc2ccccc2)cc1. The molecule has 0 aliphatic carbocycles. The van der Waals surface area contributed by atoms with E-state index in [0.29, 0.717) is 34.4 Å². The van der Waals surface area contributed by atoms with Crippen LogP contribution in [-0.4, -0.2) is 12.5 Å². The second kappa shape index (κ2) is 8.41. The monoisotopic (exact) mass is 367 g/mol. The zero-order valence-electron chi connectivity index (χ0n) is 14.2. The number of ether oxygens (including phenoxy) is 2. The minimum atomic E-state index is -0.256. The van der Waals surface area contributed by atoms with Crippen molar-refractivity contribution >= 4 is 23.2 Å². The summed E-state index contributed by atoms with van der Waals surface area (Å²) < 4.78 is 11.2. The van der Waals surface area contributed by atoms with Crippen LogP contribution in [-0.2, 0) is 0 Å². The lowest BCUT2D eigenvalue weighted by molar-refractivity contribution is 0.102. The molecular weight excluding hydrogens is 350 g/mol. The summed E-state index contributed by atoms with van der Waals surface area (Å²) in [6.45, 7) is 2.49. The molecule has 0 fully saturated rings. The molecule has 1 N–H and O–H groups in total. The lowest BCUT2D eigenvalue weighted by Crippen LogP contribution is -2.12. The molecule has 0 atom stereocenters. The molecule has 3 rings (SSSR count). The van der Waals surface area contributed by atoms with Gasteiger partial charge < -0.3 is 14.8 Å². The third kappa shape index (κ3) is 4.55. The highest BCUT2D eigenvalue weighted by Crippen LogP contribution is 2.32. The van der Waals surface area contributed by atoms with E-state index in [-0.39, 0.29) is 5.91 Å². The van der Waals surface area contributed by atoms with Crippen molar-refractivity contribution in [3.05, 3.63) is 83.4 Å². The van der Waals surface area contributed by atoms with E-state index >= 15 is 0 Å². The van der Waals surface area contributed by atoms with Gasteiger partial charge in [-0.3, -0.25) is 4.79 Å². The third-order valence-corrected chi connectivity index (χ3v) is 3.82. The number of carbonyl (C=O) groups is 1. The van der Waals surface area contributed by atoms with Gasteiger partial charge in [-0.2, -0.15) is 0 Å². The number of anilines is 1. The van der Waals surface area contributed by atoms with Crippen LogP contribution in [0, 0.1) is 0 Å². The third-order valence-electron chi connectivity index (χ3n) is 3.59. The Hall–Kier alpha value is -2.98. The summed E-state index contributed by atoms with van der Waals surface area (Å²) in [7, 11) is 0. The number of amides is 1. The summed E-state index contributed by atoms with van der Waals surface area (Å²) >= 11 is 6.08. The maximum Gasteiger partial charge on any atom is 0.255 e. The number of rotatable bonds is 6. The van der Waals surface area contributed by atoms with E-state index in [1.54, 1.807) is 42.5 Å². The summed E-state index contributed by atoms with van der Waals surface area (Å²) in [6, 6.07) is 21.4. The molecule has 5 heteroatoms. The molecule has 0 radical (unpaired) electrons. The molecule has 3 aromatic carbocycles. The second-order valence-corrected chi connectivity index (χ2v) is 5.90. The number of halogens is 1. The Morgan fingerprint density at radius 3 is 2.38 bits per heavy atom. The fourth-order valence-electron chi connectivity index (χ4n) is 2.37. The predicted molar refractivity (Wildman–Crippen MR) is 104 cm³/mol. The lowest BCUT2D eigenvalue weighted by atomic mass is 10.2. The average molecular weight is 368 g/mol. The Balaban J connectivity index is 1.79. The largest absolute Gasteiger partial charge is 0.494 e. The Labute approximate surface area is 157 Å². The van der Waals surface area contributed by atoms with Gasteiger partial charge in [-0.25, -0.2) is 0 Å². The lowest BCUT2D eigenvalue weighted by Gasteiger charge is -2.13. The van der Waals surface area contributed by atoms with Crippen LogP contribution in [0.4, 0.5) is 5.69 Å². The Bertz CT molecular complexity index is 880. The van der Waals surface area contributed by atoms with E-state index in [4.69, 9.17) is 21.1 Å². The molecule has 4 nitrogen and oxygen atoms in total. The van der Waals surface area contributed by atoms with Crippen LogP contribution < -0.4 is 14.8 Å². The zero-order valence-corrected chi connectivity index (χ0v) is 15.0. The molecule has 0 saturated carbocycles. The number of carbonyl (C=O) groups excluding carboxylic acids is 1. The van der Waals surface area contributed by atoms with Crippen LogP contribution in [0.15, 0.2) is 72.8 Å². The van der Waals surface area contributed by atoms with Gasteiger partial charge in [-0.05, 0) is 61.5 Å². The van der Waals surface area contributed by atoms with E-state index in [2.05, 4.69) is 5.32 Å². The molecule has 0 bridgehead atoms. The molecule has 0 unspecified atom stereocenters. The summed E-state index contributed by atoms with van der Waals surface area (Å²) in [5, 5.41) is 3.36. The molecule has 0 heterocycles. The van der Waals surface area contributed by atoms with Gasteiger partial charge in [-0.1, -0.05) is 29.8 Å². The van der Waals surface area contributed by atoms with Gasteiger partial charge in [0.2, 0.25) is 0 Å². The highest BCUT2D eigenvalue weighted by atomic mass is 35.5. The van der Waals surface area contributed by atoms with Crippen LogP contribution in [0.25, 0.3) is 0 Å². The van der Waals surface area contributed by atoms with Gasteiger partial charge in [0.1, 0.15) is 11.5 Å². The Morgan fingerprint density at radius 1 is 0.962 bits per heavy atom. The first-order chi connectivity index (χ1) is 12.7. The summed E-state index contributed by atoms with van der Waals surface area (Å²) in [6.07, 6.45) is 0. The molecule has 132 valence electrons. The number of hydrogen-bond donors (Lipinski definition) is 1. The first-order valence-electron chi connectivity index (χ1n) is 8.22. The molecule has 0 spiro atoms. The minimum Gasteiger partial charge on any atom is -0.494 e. The highest BCUT2D eigenvalue weighted by molar-refractivity contribution is 6.31. The van der Waals surface area contributed by atoms with Crippen molar-refractivity contribution < 1.29 is 14.3 Å². The quantitative estimate of drug-likeness (QED) is 0.600. The second-order valence-electron chi connectivity index (χ2n) is 5.47. The number of para-hydroxylation sites is 1. The zero-order chi connectivity index (χ0) is 18.4. The summed E-state index contributed by atoms with van der Waals surface area (Å²) in [5.41, 5.74) is 1.01. The topological polar surface area (TPSA) is 47.6 Å². The number of nitrogens with one attached hydrogen (secondary N) is 1. The Morgan fingerprint density at radius 2 is 1.69 bits per heavy atom. The van der Waals surface area contributed by atoms with Crippen LogP contribution in [0.2, 0.25) is 5.02 Å². The summed E-state index contributed by atoms with van der Waals surface area (Å²) in [5.74, 6) is 1.65. The number of benzene rings is 3. The van der Waals surface area contributed by atoms with Crippen molar-refractivity contribution in [1.82, 2.24) is 0 Å². The van der Waals surface area contributed by atoms with E-state index in [9.17, 15) is 4.79 Å². The highest BCUT2D eigenvalue weighted by Gasteiger charge is 2.12. The molecular formula is C21H18ClNO3. The Kier molecular flexibility index (Phi) is 5.77. The molecule has 26 heavy (non-hydrogen) atoms. The van der Waals surface area contributed by atoms with Gasteiger partial charge in [-0.15, -0.1) is 0 Å². The van der Waals surface area contributed by atoms with Crippen LogP contribution >= 0.6 is 11.6 Å². The predicted octanol–water partition coefficient (Wildman–Crippen LogP) is 5.78. The molecule has 3 aromatic rings. The van der Waals surface area contributed by atoms with Crippen molar-refractivity contribution in [1.29, 1.82) is 0 Å². The van der Waals surface area contributed by atoms with Gasteiger partial charge in [0, 0.05) is 10.6 Å². The van der Waals surface area contributed by atoms with Crippen molar-refractivity contribution in [2.24, 2.45) is 0 Å². The molecule has 1 amide bonds. The van der Waals surface area contributed by atoms with Gasteiger partial charge >= 0.3 is 0 Å². The fraction of sp³-hybridized carbons (Fsp3) is 0.0952. The maximum absolute atomic E-state index is 12.5. The minimum absolute atomic E-state index is 0.256. The van der Waals surface area contributed by atoms with E-state index < -0.39 is 0 Å². The normalized spacial score (nSPS) is 10.2.